The van der Waals surface area contributed by atoms with Crippen LogP contribution in [0.1, 0.15) is 18.1 Å². The minimum absolute atomic E-state index is 0.0477. The van der Waals surface area contributed by atoms with Crippen molar-refractivity contribution in [2.75, 3.05) is 5.32 Å². The Kier molecular flexibility index (Phi) is 5.08. The Balaban J connectivity index is 1.70. The molecule has 23 heavy (non-hydrogen) atoms. The Labute approximate surface area is 148 Å². The quantitative estimate of drug-likeness (QED) is 0.751. The van der Waals surface area contributed by atoms with Crippen LogP contribution in [0.5, 0.6) is 0 Å². The highest BCUT2D eigenvalue weighted by atomic mass is 79.9. The third-order valence-corrected chi connectivity index (χ3v) is 5.33. The third-order valence-electron chi connectivity index (χ3n) is 3.58. The summed E-state index contributed by atoms with van der Waals surface area (Å²) in [5, 5.41) is 6.28. The first-order valence-corrected chi connectivity index (χ1v) is 9.12. The first-order valence-electron chi connectivity index (χ1n) is 7.45. The molecule has 0 aliphatic carbocycles. The molecule has 5 heteroatoms. The Morgan fingerprint density at radius 2 is 1.96 bits per heavy atom. The SMILES string of the molecule is CCc1ccc(N[C@@H]2NC(=O)/C(=C/c3ccccc3Br)S2)cc1. The van der Waals surface area contributed by atoms with Gasteiger partial charge in [-0.3, -0.25) is 4.79 Å². The van der Waals surface area contributed by atoms with Crippen LogP contribution in [0, 0.1) is 0 Å². The smallest absolute Gasteiger partial charge is 0.260 e. The van der Waals surface area contributed by atoms with Crippen LogP contribution in [0.15, 0.2) is 57.9 Å². The number of thioether (sulfide) groups is 1. The molecule has 3 nitrogen and oxygen atoms in total. The summed E-state index contributed by atoms with van der Waals surface area (Å²) in [5.74, 6) is -0.0477. The van der Waals surface area contributed by atoms with Gasteiger partial charge in [-0.15, -0.1) is 0 Å². The number of carbonyl (C=O) groups is 1. The number of hydrogen-bond donors (Lipinski definition) is 2. The van der Waals surface area contributed by atoms with Gasteiger partial charge in [0.1, 0.15) is 0 Å². The number of nitrogens with one attached hydrogen (secondary N) is 2. The van der Waals surface area contributed by atoms with Crippen LogP contribution < -0.4 is 10.6 Å². The molecule has 2 aromatic carbocycles. The van der Waals surface area contributed by atoms with Gasteiger partial charge in [-0.05, 0) is 41.8 Å². The number of hydrogen-bond acceptors (Lipinski definition) is 3. The summed E-state index contributed by atoms with van der Waals surface area (Å²) in [6.45, 7) is 2.13. The Morgan fingerprint density at radius 3 is 2.65 bits per heavy atom. The van der Waals surface area contributed by atoms with Crippen LogP contribution in [0.4, 0.5) is 5.69 Å². The zero-order valence-electron chi connectivity index (χ0n) is 12.7. The topological polar surface area (TPSA) is 41.1 Å². The Hall–Kier alpha value is -1.72. The van der Waals surface area contributed by atoms with Crippen LogP contribution in [0.25, 0.3) is 6.08 Å². The van der Waals surface area contributed by atoms with Crippen molar-refractivity contribution in [1.82, 2.24) is 5.32 Å². The van der Waals surface area contributed by atoms with Gasteiger partial charge in [0.05, 0.1) is 4.91 Å². The Morgan fingerprint density at radius 1 is 1.22 bits per heavy atom. The number of amides is 1. The van der Waals surface area contributed by atoms with E-state index in [9.17, 15) is 4.79 Å². The molecule has 1 saturated heterocycles. The lowest BCUT2D eigenvalue weighted by Gasteiger charge is -2.12. The first kappa shape index (κ1) is 16.1. The van der Waals surface area contributed by atoms with E-state index in [1.807, 2.05) is 42.5 Å². The zero-order valence-corrected chi connectivity index (χ0v) is 15.1. The lowest BCUT2D eigenvalue weighted by molar-refractivity contribution is -0.116. The predicted molar refractivity (Wildman–Crippen MR) is 101 cm³/mol. The van der Waals surface area contributed by atoms with Crippen LogP contribution in [0.3, 0.4) is 0 Å². The van der Waals surface area contributed by atoms with Gasteiger partial charge in [-0.25, -0.2) is 0 Å². The number of aryl methyl sites for hydroxylation is 1. The number of rotatable bonds is 4. The van der Waals surface area contributed by atoms with E-state index >= 15 is 0 Å². The summed E-state index contributed by atoms with van der Waals surface area (Å²) in [6, 6.07) is 16.1. The molecule has 0 aromatic heterocycles. The summed E-state index contributed by atoms with van der Waals surface area (Å²) in [6.07, 6.45) is 2.93. The second kappa shape index (κ2) is 7.23. The molecule has 1 heterocycles. The molecule has 2 N–H and O–H groups in total. The largest absolute Gasteiger partial charge is 0.357 e. The molecule has 1 aliphatic rings. The number of anilines is 1. The second-order valence-electron chi connectivity index (χ2n) is 5.20. The monoisotopic (exact) mass is 388 g/mol. The van der Waals surface area contributed by atoms with Crippen LogP contribution in [0.2, 0.25) is 0 Å². The van der Waals surface area contributed by atoms with Gasteiger partial charge in [-0.1, -0.05) is 64.9 Å². The van der Waals surface area contributed by atoms with Crippen molar-refractivity contribution in [2.45, 2.75) is 18.8 Å². The molecule has 3 rings (SSSR count). The number of halogens is 1. The predicted octanol–water partition coefficient (Wildman–Crippen LogP) is 4.61. The van der Waals surface area contributed by atoms with E-state index in [2.05, 4.69) is 45.6 Å². The van der Waals surface area contributed by atoms with Crippen molar-refractivity contribution < 1.29 is 4.79 Å². The summed E-state index contributed by atoms with van der Waals surface area (Å²) in [5.41, 5.74) is 3.15. The minimum Gasteiger partial charge on any atom is -0.357 e. The van der Waals surface area contributed by atoms with Gasteiger partial charge in [0.15, 0.2) is 5.50 Å². The zero-order chi connectivity index (χ0) is 16.2. The molecule has 1 amide bonds. The normalized spacial score (nSPS) is 19.0. The third kappa shape index (κ3) is 3.98. The molecule has 1 atom stereocenters. The van der Waals surface area contributed by atoms with Gasteiger partial charge in [0, 0.05) is 10.2 Å². The van der Waals surface area contributed by atoms with Crippen molar-refractivity contribution in [3.63, 3.8) is 0 Å². The molecule has 1 aliphatic heterocycles. The van der Waals surface area contributed by atoms with Crippen molar-refractivity contribution >= 4 is 45.4 Å². The molecule has 118 valence electrons. The van der Waals surface area contributed by atoms with Crippen LogP contribution in [-0.2, 0) is 11.2 Å². The molecule has 2 aromatic rings. The van der Waals surface area contributed by atoms with Crippen LogP contribution in [-0.4, -0.2) is 11.4 Å². The molecule has 0 unspecified atom stereocenters. The second-order valence-corrected chi connectivity index (χ2v) is 7.20. The molecule has 0 radical (unpaired) electrons. The van der Waals surface area contributed by atoms with Crippen LogP contribution >= 0.6 is 27.7 Å². The van der Waals surface area contributed by atoms with E-state index in [4.69, 9.17) is 0 Å². The van der Waals surface area contributed by atoms with E-state index in [0.29, 0.717) is 4.91 Å². The van der Waals surface area contributed by atoms with Crippen molar-refractivity contribution in [3.05, 3.63) is 69.0 Å². The first-order chi connectivity index (χ1) is 11.2. The van der Waals surface area contributed by atoms with Crippen molar-refractivity contribution in [2.24, 2.45) is 0 Å². The van der Waals surface area contributed by atoms with Crippen molar-refractivity contribution in [1.29, 1.82) is 0 Å². The van der Waals surface area contributed by atoms with E-state index in [1.165, 1.54) is 17.3 Å². The number of carbonyl (C=O) groups excluding carboxylic acids is 1. The Bertz CT molecular complexity index is 743. The summed E-state index contributed by atoms with van der Waals surface area (Å²) >= 11 is 5.00. The minimum atomic E-state index is -0.149. The molecule has 1 fully saturated rings. The number of benzene rings is 2. The summed E-state index contributed by atoms with van der Waals surface area (Å²) in [4.78, 5) is 12.8. The molecular formula is C18H17BrN2OS. The average Bonchev–Trinajstić information content (AvgIpc) is 2.90. The van der Waals surface area contributed by atoms with E-state index in [0.717, 1.165) is 22.1 Å². The fourth-order valence-corrected chi connectivity index (χ4v) is 3.66. The standard InChI is InChI=1S/C18H17BrN2OS/c1-2-12-7-9-14(10-8-12)20-18-21-17(22)16(23-18)11-13-5-3-4-6-15(13)19/h3-11,18,20H,2H2,1H3,(H,21,22)/b16-11-/t18-/m1/s1. The van der Waals surface area contributed by atoms with Gasteiger partial charge in [0.25, 0.3) is 5.91 Å². The van der Waals surface area contributed by atoms with Gasteiger partial charge < -0.3 is 10.6 Å². The highest BCUT2D eigenvalue weighted by Gasteiger charge is 2.27. The summed E-state index contributed by atoms with van der Waals surface area (Å²) < 4.78 is 0.979. The fraction of sp³-hybridized carbons (Fsp3) is 0.167. The van der Waals surface area contributed by atoms with E-state index < -0.39 is 0 Å². The molecular weight excluding hydrogens is 372 g/mol. The van der Waals surface area contributed by atoms with Gasteiger partial charge in [-0.2, -0.15) is 0 Å². The molecule has 0 saturated carbocycles. The highest BCUT2D eigenvalue weighted by Crippen LogP contribution is 2.31. The maximum Gasteiger partial charge on any atom is 0.260 e. The van der Waals surface area contributed by atoms with E-state index in [1.54, 1.807) is 0 Å². The molecule has 0 bridgehead atoms. The lowest BCUT2D eigenvalue weighted by atomic mass is 10.1. The summed E-state index contributed by atoms with van der Waals surface area (Å²) in [7, 11) is 0. The van der Waals surface area contributed by atoms with Crippen molar-refractivity contribution in [3.8, 4) is 0 Å². The highest BCUT2D eigenvalue weighted by molar-refractivity contribution is 9.10. The fourth-order valence-electron chi connectivity index (χ4n) is 2.29. The lowest BCUT2D eigenvalue weighted by Crippen LogP contribution is -2.30. The van der Waals surface area contributed by atoms with E-state index in [-0.39, 0.29) is 11.4 Å². The maximum absolute atomic E-state index is 12.1. The molecule has 0 spiro atoms. The average molecular weight is 389 g/mol. The maximum atomic E-state index is 12.1. The van der Waals surface area contributed by atoms with Gasteiger partial charge >= 0.3 is 0 Å². The van der Waals surface area contributed by atoms with Gasteiger partial charge in [0.2, 0.25) is 0 Å².